The van der Waals surface area contributed by atoms with Gasteiger partial charge in [-0.3, -0.25) is 9.59 Å². The van der Waals surface area contributed by atoms with Gasteiger partial charge >= 0.3 is 10.2 Å². The summed E-state index contributed by atoms with van der Waals surface area (Å²) in [5, 5.41) is 2.79. The average Bonchev–Trinajstić information content (AvgIpc) is 2.81. The molecule has 8 nitrogen and oxygen atoms in total. The molecule has 2 aromatic rings. The summed E-state index contributed by atoms with van der Waals surface area (Å²) < 4.78 is 28.2. The number of hydrogen-bond acceptors (Lipinski definition) is 4. The highest BCUT2D eigenvalue weighted by Gasteiger charge is 2.33. The SMILES string of the molecule is CCNC(=O)[C@@H](CC)N(CCc1ccccc1)C(=O)CN(c1ccccc1)S(=O)(=O)N(C)C. The minimum Gasteiger partial charge on any atom is -0.355 e. The van der Waals surface area contributed by atoms with E-state index >= 15 is 0 Å². The number of nitrogens with zero attached hydrogens (tertiary/aromatic N) is 3. The molecule has 9 heteroatoms. The summed E-state index contributed by atoms with van der Waals surface area (Å²) in [6, 6.07) is 17.5. The van der Waals surface area contributed by atoms with Gasteiger partial charge in [0.15, 0.2) is 0 Å². The van der Waals surface area contributed by atoms with E-state index in [0.717, 1.165) is 14.2 Å². The Hall–Kier alpha value is -2.91. The predicted octanol–water partition coefficient (Wildman–Crippen LogP) is 2.29. The number of benzene rings is 2. The van der Waals surface area contributed by atoms with Crippen molar-refractivity contribution in [1.29, 1.82) is 0 Å². The average molecular weight is 475 g/mol. The third kappa shape index (κ3) is 7.03. The van der Waals surface area contributed by atoms with Crippen molar-refractivity contribution in [3.05, 3.63) is 66.2 Å². The van der Waals surface area contributed by atoms with E-state index in [0.29, 0.717) is 31.6 Å². The Morgan fingerprint density at radius 3 is 2.03 bits per heavy atom. The molecule has 0 aromatic heterocycles. The number of carbonyl (C=O) groups excluding carboxylic acids is 2. The van der Waals surface area contributed by atoms with E-state index in [1.54, 1.807) is 30.3 Å². The van der Waals surface area contributed by atoms with Crippen molar-refractivity contribution < 1.29 is 18.0 Å². The number of para-hydroxylation sites is 1. The molecule has 0 aliphatic carbocycles. The van der Waals surface area contributed by atoms with Gasteiger partial charge in [0.25, 0.3) is 0 Å². The largest absolute Gasteiger partial charge is 0.355 e. The second-order valence-electron chi connectivity index (χ2n) is 7.77. The molecule has 0 radical (unpaired) electrons. The molecule has 0 heterocycles. The van der Waals surface area contributed by atoms with Crippen molar-refractivity contribution in [1.82, 2.24) is 14.5 Å². The van der Waals surface area contributed by atoms with E-state index < -0.39 is 28.7 Å². The van der Waals surface area contributed by atoms with Gasteiger partial charge in [0.05, 0.1) is 5.69 Å². The molecule has 0 bridgehead atoms. The molecule has 0 saturated heterocycles. The van der Waals surface area contributed by atoms with Gasteiger partial charge in [-0.05, 0) is 37.5 Å². The normalized spacial score (nSPS) is 12.3. The molecule has 33 heavy (non-hydrogen) atoms. The summed E-state index contributed by atoms with van der Waals surface area (Å²) in [5.41, 5.74) is 1.41. The molecule has 0 unspecified atom stereocenters. The van der Waals surface area contributed by atoms with Crippen LogP contribution in [0.3, 0.4) is 0 Å². The highest BCUT2D eigenvalue weighted by Crippen LogP contribution is 2.20. The van der Waals surface area contributed by atoms with E-state index in [9.17, 15) is 18.0 Å². The molecule has 0 aliphatic rings. The Morgan fingerprint density at radius 1 is 0.939 bits per heavy atom. The minimum atomic E-state index is -3.93. The minimum absolute atomic E-state index is 0.247. The van der Waals surface area contributed by atoms with Crippen LogP contribution in [0.1, 0.15) is 25.8 Å². The first kappa shape index (κ1) is 26.3. The Bertz CT molecular complexity index is 998. The van der Waals surface area contributed by atoms with Crippen molar-refractivity contribution in [2.45, 2.75) is 32.7 Å². The second kappa shape index (κ2) is 12.4. The fourth-order valence-corrected chi connectivity index (χ4v) is 4.56. The van der Waals surface area contributed by atoms with E-state index in [-0.39, 0.29) is 5.91 Å². The molecule has 0 fully saturated rings. The van der Waals surface area contributed by atoms with Crippen LogP contribution in [0, 0.1) is 0 Å². The molecule has 0 spiro atoms. The first-order chi connectivity index (χ1) is 15.7. The fourth-order valence-electron chi connectivity index (χ4n) is 3.50. The van der Waals surface area contributed by atoms with Crippen LogP contribution in [-0.4, -0.2) is 69.2 Å². The molecule has 2 rings (SSSR count). The lowest BCUT2D eigenvalue weighted by molar-refractivity contribution is -0.139. The van der Waals surface area contributed by atoms with Gasteiger partial charge in [-0.1, -0.05) is 55.5 Å². The van der Waals surface area contributed by atoms with Crippen molar-refractivity contribution >= 4 is 27.7 Å². The molecule has 0 saturated carbocycles. The number of nitrogens with one attached hydrogen (secondary N) is 1. The highest BCUT2D eigenvalue weighted by molar-refractivity contribution is 7.90. The molecular formula is C24H34N4O4S. The maximum absolute atomic E-state index is 13.5. The van der Waals surface area contributed by atoms with Crippen LogP contribution in [0.4, 0.5) is 5.69 Å². The van der Waals surface area contributed by atoms with E-state index in [1.165, 1.54) is 19.0 Å². The topological polar surface area (TPSA) is 90.0 Å². The number of likely N-dealkylation sites (N-methyl/N-ethyl adjacent to an activating group) is 1. The maximum Gasteiger partial charge on any atom is 0.304 e. The Balaban J connectivity index is 2.38. The maximum atomic E-state index is 13.5. The van der Waals surface area contributed by atoms with Gasteiger partial charge in [-0.2, -0.15) is 12.7 Å². The van der Waals surface area contributed by atoms with Crippen molar-refractivity contribution in [2.75, 3.05) is 38.0 Å². The van der Waals surface area contributed by atoms with E-state index in [4.69, 9.17) is 0 Å². The Kier molecular flexibility index (Phi) is 9.87. The number of hydrogen-bond donors (Lipinski definition) is 1. The van der Waals surface area contributed by atoms with Crippen LogP contribution in [-0.2, 0) is 26.2 Å². The summed E-state index contributed by atoms with van der Waals surface area (Å²) in [5.74, 6) is -0.679. The zero-order valence-electron chi connectivity index (χ0n) is 19.8. The predicted molar refractivity (Wildman–Crippen MR) is 131 cm³/mol. The summed E-state index contributed by atoms with van der Waals surface area (Å²) in [6.07, 6.45) is 0.965. The number of anilines is 1. The van der Waals surface area contributed by atoms with Crippen LogP contribution in [0.15, 0.2) is 60.7 Å². The van der Waals surface area contributed by atoms with Gasteiger partial charge < -0.3 is 10.2 Å². The molecule has 0 aliphatic heterocycles. The van der Waals surface area contributed by atoms with Gasteiger partial charge in [-0.15, -0.1) is 0 Å². The number of amides is 2. The van der Waals surface area contributed by atoms with E-state index in [1.807, 2.05) is 44.2 Å². The van der Waals surface area contributed by atoms with Crippen LogP contribution in [0.5, 0.6) is 0 Å². The zero-order valence-corrected chi connectivity index (χ0v) is 20.6. The fraction of sp³-hybridized carbons (Fsp3) is 0.417. The van der Waals surface area contributed by atoms with Gasteiger partial charge in [-0.25, -0.2) is 4.31 Å². The second-order valence-corrected chi connectivity index (χ2v) is 9.84. The quantitative estimate of drug-likeness (QED) is 0.511. The number of carbonyl (C=O) groups is 2. The van der Waals surface area contributed by atoms with Gasteiger partial charge in [0.2, 0.25) is 11.8 Å². The van der Waals surface area contributed by atoms with Crippen LogP contribution in [0.2, 0.25) is 0 Å². The first-order valence-electron chi connectivity index (χ1n) is 11.1. The highest BCUT2D eigenvalue weighted by atomic mass is 32.2. The molecule has 2 aromatic carbocycles. The molecule has 1 atom stereocenters. The lowest BCUT2D eigenvalue weighted by atomic mass is 10.1. The molecular weight excluding hydrogens is 440 g/mol. The Labute approximate surface area is 197 Å². The van der Waals surface area contributed by atoms with E-state index in [2.05, 4.69) is 5.32 Å². The standard InChI is InChI=1S/C24H34N4O4S/c1-5-22(24(30)25-6-2)27(18-17-20-13-9-7-10-14-20)23(29)19-28(33(31,32)26(3)4)21-15-11-8-12-16-21/h7-16,22H,5-6,17-19H2,1-4H3,(H,25,30)/t22-/m1/s1. The molecule has 1 N–H and O–H groups in total. The van der Waals surface area contributed by atoms with Crippen molar-refractivity contribution in [3.8, 4) is 0 Å². The lowest BCUT2D eigenvalue weighted by Crippen LogP contribution is -2.54. The van der Waals surface area contributed by atoms with Crippen LogP contribution >= 0.6 is 0 Å². The Morgan fingerprint density at radius 2 is 1.52 bits per heavy atom. The van der Waals surface area contributed by atoms with Crippen LogP contribution < -0.4 is 9.62 Å². The zero-order chi connectivity index (χ0) is 24.4. The monoisotopic (exact) mass is 474 g/mol. The van der Waals surface area contributed by atoms with Gasteiger partial charge in [0, 0.05) is 27.2 Å². The number of rotatable bonds is 12. The summed E-state index contributed by atoms with van der Waals surface area (Å²) >= 11 is 0. The molecule has 180 valence electrons. The third-order valence-corrected chi connectivity index (χ3v) is 7.10. The van der Waals surface area contributed by atoms with Gasteiger partial charge in [0.1, 0.15) is 12.6 Å². The first-order valence-corrected chi connectivity index (χ1v) is 12.5. The van der Waals surface area contributed by atoms with Crippen molar-refractivity contribution in [2.24, 2.45) is 0 Å². The lowest BCUT2D eigenvalue weighted by Gasteiger charge is -2.33. The smallest absolute Gasteiger partial charge is 0.304 e. The summed E-state index contributed by atoms with van der Waals surface area (Å²) in [4.78, 5) is 27.8. The summed E-state index contributed by atoms with van der Waals surface area (Å²) in [7, 11) is -1.09. The molecule has 2 amide bonds. The van der Waals surface area contributed by atoms with Crippen molar-refractivity contribution in [3.63, 3.8) is 0 Å². The van der Waals surface area contributed by atoms with Crippen LogP contribution in [0.25, 0.3) is 0 Å². The summed E-state index contributed by atoms with van der Waals surface area (Å²) in [6.45, 7) is 4.00. The third-order valence-electron chi connectivity index (χ3n) is 5.28.